The fraction of sp³-hybridized carbons (Fsp3) is 0.100. The lowest BCUT2D eigenvalue weighted by molar-refractivity contribution is 0.102. The normalized spacial score (nSPS) is 10.3. The monoisotopic (exact) mass is 366 g/mol. The van der Waals surface area contributed by atoms with Crippen LogP contribution in [0.3, 0.4) is 0 Å². The highest BCUT2D eigenvalue weighted by atomic mass is 35.5. The summed E-state index contributed by atoms with van der Waals surface area (Å²) in [5.41, 5.74) is 3.04. The number of hydrogen-bond acceptors (Lipinski definition) is 4. The van der Waals surface area contributed by atoms with Gasteiger partial charge in [-0.1, -0.05) is 23.7 Å². The molecule has 1 aromatic heterocycles. The topological polar surface area (TPSA) is 57.3 Å². The third-order valence-electron chi connectivity index (χ3n) is 3.80. The van der Waals surface area contributed by atoms with E-state index in [-0.39, 0.29) is 5.91 Å². The van der Waals surface area contributed by atoms with Crippen LogP contribution in [0.1, 0.15) is 10.4 Å². The Morgan fingerprint density at radius 1 is 1.04 bits per heavy atom. The Kier molecular flexibility index (Phi) is 5.39. The number of halogens is 1. The molecule has 0 spiro atoms. The summed E-state index contributed by atoms with van der Waals surface area (Å²) in [7, 11) is 3.94. The highest BCUT2D eigenvalue weighted by Crippen LogP contribution is 2.24. The van der Waals surface area contributed by atoms with Gasteiger partial charge in [-0.3, -0.25) is 4.79 Å². The van der Waals surface area contributed by atoms with Crippen LogP contribution in [0.2, 0.25) is 5.02 Å². The lowest BCUT2D eigenvalue weighted by Crippen LogP contribution is -2.13. The van der Waals surface area contributed by atoms with Crippen LogP contribution >= 0.6 is 11.6 Å². The molecule has 0 unspecified atom stereocenters. The van der Waals surface area contributed by atoms with Crippen LogP contribution in [0.25, 0.3) is 0 Å². The van der Waals surface area contributed by atoms with Crippen LogP contribution < -0.4 is 15.5 Å². The second-order valence-electron chi connectivity index (χ2n) is 5.93. The largest absolute Gasteiger partial charge is 0.378 e. The number of amides is 1. The molecule has 5 nitrogen and oxygen atoms in total. The minimum absolute atomic E-state index is 0.202. The first kappa shape index (κ1) is 17.8. The Balaban J connectivity index is 1.73. The molecular weight excluding hydrogens is 348 g/mol. The number of hydrogen-bond donors (Lipinski definition) is 2. The second-order valence-corrected chi connectivity index (χ2v) is 6.34. The van der Waals surface area contributed by atoms with E-state index in [2.05, 4.69) is 15.6 Å². The number of carbonyl (C=O) groups is 1. The smallest absolute Gasteiger partial charge is 0.255 e. The van der Waals surface area contributed by atoms with Crippen LogP contribution in [-0.2, 0) is 0 Å². The Labute approximate surface area is 157 Å². The van der Waals surface area contributed by atoms with Gasteiger partial charge in [0, 0.05) is 37.2 Å². The van der Waals surface area contributed by atoms with Crippen LogP contribution in [0.15, 0.2) is 66.9 Å². The zero-order valence-electron chi connectivity index (χ0n) is 14.5. The number of nitrogens with one attached hydrogen (secondary N) is 2. The van der Waals surface area contributed by atoms with Gasteiger partial charge in [-0.25, -0.2) is 4.98 Å². The zero-order chi connectivity index (χ0) is 18.5. The summed E-state index contributed by atoms with van der Waals surface area (Å²) < 4.78 is 0. The minimum atomic E-state index is -0.202. The van der Waals surface area contributed by atoms with Crippen molar-refractivity contribution in [3.63, 3.8) is 0 Å². The molecule has 0 bridgehead atoms. The predicted octanol–water partition coefficient (Wildman–Crippen LogP) is 4.80. The number of rotatable bonds is 5. The molecule has 0 atom stereocenters. The Bertz CT molecular complexity index is 910. The van der Waals surface area contributed by atoms with E-state index < -0.39 is 0 Å². The van der Waals surface area contributed by atoms with Crippen LogP contribution in [-0.4, -0.2) is 25.0 Å². The van der Waals surface area contributed by atoms with E-state index in [9.17, 15) is 4.79 Å². The van der Waals surface area contributed by atoms with Crippen molar-refractivity contribution >= 4 is 40.4 Å². The first-order valence-corrected chi connectivity index (χ1v) is 8.47. The number of nitrogens with zero attached hydrogens (tertiary/aromatic N) is 2. The summed E-state index contributed by atoms with van der Waals surface area (Å²) in [5, 5.41) is 6.60. The summed E-state index contributed by atoms with van der Waals surface area (Å²) in [4.78, 5) is 18.7. The molecular formula is C20H19ClN4O. The average Bonchev–Trinajstić information content (AvgIpc) is 2.64. The van der Waals surface area contributed by atoms with Gasteiger partial charge < -0.3 is 15.5 Å². The maximum atomic E-state index is 12.5. The molecule has 132 valence electrons. The average molecular weight is 367 g/mol. The first-order valence-electron chi connectivity index (χ1n) is 8.09. The molecule has 26 heavy (non-hydrogen) atoms. The predicted molar refractivity (Wildman–Crippen MR) is 108 cm³/mol. The van der Waals surface area contributed by atoms with E-state index in [0.717, 1.165) is 17.1 Å². The van der Waals surface area contributed by atoms with Crippen LogP contribution in [0, 0.1) is 0 Å². The van der Waals surface area contributed by atoms with Crippen molar-refractivity contribution in [1.82, 2.24) is 4.98 Å². The van der Waals surface area contributed by atoms with Crippen molar-refractivity contribution in [3.05, 3.63) is 77.4 Å². The van der Waals surface area contributed by atoms with Crippen molar-refractivity contribution in [2.75, 3.05) is 29.6 Å². The lowest BCUT2D eigenvalue weighted by atomic mass is 10.2. The fourth-order valence-corrected chi connectivity index (χ4v) is 2.57. The van der Waals surface area contributed by atoms with Crippen molar-refractivity contribution in [2.24, 2.45) is 0 Å². The maximum absolute atomic E-state index is 12.5. The zero-order valence-corrected chi connectivity index (χ0v) is 15.3. The van der Waals surface area contributed by atoms with E-state index in [4.69, 9.17) is 11.6 Å². The van der Waals surface area contributed by atoms with Gasteiger partial charge in [0.05, 0.1) is 10.7 Å². The van der Waals surface area contributed by atoms with Gasteiger partial charge in [0.2, 0.25) is 0 Å². The Hall–Kier alpha value is -3.05. The van der Waals surface area contributed by atoms with E-state index in [1.54, 1.807) is 24.4 Å². The van der Waals surface area contributed by atoms with Gasteiger partial charge >= 0.3 is 0 Å². The highest BCUT2D eigenvalue weighted by molar-refractivity contribution is 6.33. The third-order valence-corrected chi connectivity index (χ3v) is 4.13. The Morgan fingerprint density at radius 2 is 1.77 bits per heavy atom. The molecule has 6 heteroatoms. The van der Waals surface area contributed by atoms with Gasteiger partial charge in [0.15, 0.2) is 0 Å². The van der Waals surface area contributed by atoms with Crippen molar-refractivity contribution in [2.45, 2.75) is 0 Å². The molecule has 0 aliphatic heterocycles. The summed E-state index contributed by atoms with van der Waals surface area (Å²) in [6.45, 7) is 0. The minimum Gasteiger partial charge on any atom is -0.378 e. The molecule has 1 heterocycles. The summed E-state index contributed by atoms with van der Waals surface area (Å²) in [6.07, 6.45) is 1.59. The molecule has 0 aliphatic carbocycles. The third kappa shape index (κ3) is 4.32. The van der Waals surface area contributed by atoms with Crippen molar-refractivity contribution < 1.29 is 4.79 Å². The van der Waals surface area contributed by atoms with E-state index in [1.807, 2.05) is 61.5 Å². The molecule has 0 fully saturated rings. The van der Waals surface area contributed by atoms with Crippen molar-refractivity contribution in [3.8, 4) is 0 Å². The molecule has 0 saturated heterocycles. The quantitative estimate of drug-likeness (QED) is 0.681. The molecule has 3 aromatic rings. The lowest BCUT2D eigenvalue weighted by Gasteiger charge is -2.13. The number of pyridine rings is 1. The summed E-state index contributed by atoms with van der Waals surface area (Å²) in [5.74, 6) is 0.348. The summed E-state index contributed by atoms with van der Waals surface area (Å²) in [6, 6.07) is 18.4. The fourth-order valence-electron chi connectivity index (χ4n) is 2.39. The molecule has 2 N–H and O–H groups in total. The van der Waals surface area contributed by atoms with Gasteiger partial charge in [0.25, 0.3) is 5.91 Å². The van der Waals surface area contributed by atoms with E-state index in [0.29, 0.717) is 16.4 Å². The number of carbonyl (C=O) groups excluding carboxylic acids is 1. The standard InChI is InChI=1S/C20H19ClN4O/c1-25(2)16-9-7-15(8-10-16)23-20(26)14-11-12-22-19(13-14)24-18-6-4-3-5-17(18)21/h3-13H,1-2H3,(H,22,24)(H,23,26). The van der Waals surface area contributed by atoms with Gasteiger partial charge in [-0.2, -0.15) is 0 Å². The number of aromatic nitrogens is 1. The number of benzene rings is 2. The summed E-state index contributed by atoms with van der Waals surface area (Å²) >= 11 is 6.15. The van der Waals surface area contributed by atoms with E-state index in [1.165, 1.54) is 0 Å². The van der Waals surface area contributed by atoms with Crippen LogP contribution in [0.4, 0.5) is 22.9 Å². The number of para-hydroxylation sites is 1. The Morgan fingerprint density at radius 3 is 2.46 bits per heavy atom. The molecule has 3 rings (SSSR count). The SMILES string of the molecule is CN(C)c1ccc(NC(=O)c2ccnc(Nc3ccccc3Cl)c2)cc1. The van der Waals surface area contributed by atoms with E-state index >= 15 is 0 Å². The molecule has 0 aliphatic rings. The first-order chi connectivity index (χ1) is 12.5. The molecule has 0 saturated carbocycles. The second kappa shape index (κ2) is 7.89. The van der Waals surface area contributed by atoms with Gasteiger partial charge in [-0.15, -0.1) is 0 Å². The number of anilines is 4. The highest BCUT2D eigenvalue weighted by Gasteiger charge is 2.09. The van der Waals surface area contributed by atoms with Gasteiger partial charge in [0.1, 0.15) is 5.82 Å². The van der Waals surface area contributed by atoms with Gasteiger partial charge in [-0.05, 0) is 48.5 Å². The van der Waals surface area contributed by atoms with Crippen molar-refractivity contribution in [1.29, 1.82) is 0 Å². The van der Waals surface area contributed by atoms with Crippen LogP contribution in [0.5, 0.6) is 0 Å². The molecule has 0 radical (unpaired) electrons. The molecule has 2 aromatic carbocycles. The maximum Gasteiger partial charge on any atom is 0.255 e. The molecule has 1 amide bonds.